The lowest BCUT2D eigenvalue weighted by atomic mass is 10.1. The molecule has 4 rings (SSSR count). The van der Waals surface area contributed by atoms with E-state index in [2.05, 4.69) is 15.4 Å². The Morgan fingerprint density at radius 3 is 2.75 bits per heavy atom. The number of aromatic nitrogens is 2. The minimum atomic E-state index is -0.218. The zero-order valence-electron chi connectivity index (χ0n) is 15.8. The highest BCUT2D eigenvalue weighted by Crippen LogP contribution is 2.21. The first-order chi connectivity index (χ1) is 13.6. The van der Waals surface area contributed by atoms with Gasteiger partial charge in [0.1, 0.15) is 5.70 Å². The van der Waals surface area contributed by atoms with Crippen molar-refractivity contribution in [3.05, 3.63) is 71.6 Å². The molecule has 3 N–H and O–H groups in total. The van der Waals surface area contributed by atoms with E-state index in [0.29, 0.717) is 18.2 Å². The van der Waals surface area contributed by atoms with E-state index in [4.69, 9.17) is 5.73 Å². The molecule has 2 aromatic carbocycles. The molecule has 0 saturated carbocycles. The largest absolute Gasteiger partial charge is 0.328 e. The van der Waals surface area contributed by atoms with Gasteiger partial charge in [-0.25, -0.2) is 4.99 Å². The first-order valence-corrected chi connectivity index (χ1v) is 9.08. The third-order valence-electron chi connectivity index (χ3n) is 4.87. The number of aryl methyl sites for hydroxylation is 1. The lowest BCUT2D eigenvalue weighted by molar-refractivity contribution is -0.121. The summed E-state index contributed by atoms with van der Waals surface area (Å²) in [6.45, 7) is 0.355. The molecule has 1 amide bonds. The number of fused-ring (bicyclic) bond motifs is 1. The van der Waals surface area contributed by atoms with Crippen LogP contribution in [-0.2, 0) is 11.8 Å². The molecule has 0 bridgehead atoms. The molecule has 1 unspecified atom stereocenters. The molecule has 2 heterocycles. The minimum absolute atomic E-state index is 0.131. The molecule has 3 aromatic rings. The van der Waals surface area contributed by atoms with Gasteiger partial charge in [0.2, 0.25) is 5.96 Å². The van der Waals surface area contributed by atoms with Crippen LogP contribution in [0.15, 0.2) is 65.4 Å². The van der Waals surface area contributed by atoms with Crippen LogP contribution in [0.25, 0.3) is 17.0 Å². The van der Waals surface area contributed by atoms with Crippen molar-refractivity contribution in [2.75, 3.05) is 13.6 Å². The van der Waals surface area contributed by atoms with E-state index >= 15 is 0 Å². The maximum atomic E-state index is 12.7. The molecule has 1 aromatic heterocycles. The van der Waals surface area contributed by atoms with Gasteiger partial charge in [-0.15, -0.1) is 0 Å². The Hall–Kier alpha value is -3.45. The fourth-order valence-electron chi connectivity index (χ4n) is 3.28. The average molecular weight is 374 g/mol. The number of likely N-dealkylation sites (N-methyl/N-ethyl adjacent to an activating group) is 1. The van der Waals surface area contributed by atoms with Crippen molar-refractivity contribution in [1.82, 2.24) is 20.0 Å². The van der Waals surface area contributed by atoms with E-state index in [0.717, 1.165) is 22.0 Å². The van der Waals surface area contributed by atoms with Gasteiger partial charge in [-0.1, -0.05) is 36.4 Å². The number of hydrogen-bond donors (Lipinski definition) is 2. The number of carbonyl (C=O) groups is 1. The molecule has 1 saturated heterocycles. The van der Waals surface area contributed by atoms with Crippen LogP contribution >= 0.6 is 0 Å². The molecule has 7 heteroatoms. The van der Waals surface area contributed by atoms with Crippen molar-refractivity contribution >= 4 is 28.8 Å². The van der Waals surface area contributed by atoms with E-state index < -0.39 is 0 Å². The molecule has 28 heavy (non-hydrogen) atoms. The van der Waals surface area contributed by atoms with Gasteiger partial charge in [0.05, 0.1) is 17.8 Å². The molecule has 1 aliphatic rings. The predicted molar refractivity (Wildman–Crippen MR) is 110 cm³/mol. The Bertz CT molecular complexity index is 1080. The van der Waals surface area contributed by atoms with E-state index in [1.165, 1.54) is 4.90 Å². The molecule has 7 nitrogen and oxygen atoms in total. The summed E-state index contributed by atoms with van der Waals surface area (Å²) < 4.78 is 1.82. The highest BCUT2D eigenvalue weighted by molar-refractivity contribution is 6.15. The van der Waals surface area contributed by atoms with Gasteiger partial charge in [-0.3, -0.25) is 14.4 Å². The van der Waals surface area contributed by atoms with Gasteiger partial charge in [0, 0.05) is 26.0 Å². The van der Waals surface area contributed by atoms with Gasteiger partial charge in [0.25, 0.3) is 5.91 Å². The van der Waals surface area contributed by atoms with Crippen molar-refractivity contribution in [2.24, 2.45) is 17.8 Å². The molecule has 142 valence electrons. The van der Waals surface area contributed by atoms with Gasteiger partial charge >= 0.3 is 0 Å². The summed E-state index contributed by atoms with van der Waals surface area (Å²) >= 11 is 0. The predicted octanol–water partition coefficient (Wildman–Crippen LogP) is 2.03. The number of aliphatic imine (C=N–C) groups is 1. The molecule has 1 fully saturated rings. The highest BCUT2D eigenvalue weighted by Gasteiger charge is 2.29. The normalized spacial score (nSPS) is 18.2. The van der Waals surface area contributed by atoms with Crippen LogP contribution in [0.1, 0.15) is 17.2 Å². The summed E-state index contributed by atoms with van der Waals surface area (Å²) in [5.74, 6) is 0.367. The quantitative estimate of drug-likeness (QED) is 0.684. The zero-order valence-corrected chi connectivity index (χ0v) is 15.8. The number of benzene rings is 2. The van der Waals surface area contributed by atoms with Crippen LogP contribution in [0.4, 0.5) is 0 Å². The van der Waals surface area contributed by atoms with Gasteiger partial charge in [0.15, 0.2) is 0 Å². The van der Waals surface area contributed by atoms with E-state index in [1.54, 1.807) is 7.05 Å². The maximum Gasteiger partial charge on any atom is 0.276 e. The number of amides is 1. The average Bonchev–Trinajstić information content (AvgIpc) is 3.21. The van der Waals surface area contributed by atoms with E-state index in [-0.39, 0.29) is 11.9 Å². The number of nitrogens with one attached hydrogen (secondary N) is 1. The standard InChI is InChI=1S/C21H22N6O/c1-26-20(28)17(11-14-8-9-19-16(10-14)13-23-27(19)2)24-21(26)25-18(12-22)15-6-4-3-5-7-15/h3-11,13,18H,12,22H2,1-2H3,(H,24,25)/b17-11-. The first-order valence-electron chi connectivity index (χ1n) is 9.08. The second-order valence-corrected chi connectivity index (χ2v) is 6.75. The second-order valence-electron chi connectivity index (χ2n) is 6.75. The Balaban J connectivity index is 1.63. The molecule has 1 aliphatic heterocycles. The van der Waals surface area contributed by atoms with Crippen LogP contribution in [0.5, 0.6) is 0 Å². The topological polar surface area (TPSA) is 88.5 Å². The van der Waals surface area contributed by atoms with Crippen molar-refractivity contribution in [1.29, 1.82) is 0 Å². The Morgan fingerprint density at radius 1 is 1.21 bits per heavy atom. The summed E-state index contributed by atoms with van der Waals surface area (Å²) in [6, 6.07) is 15.6. The van der Waals surface area contributed by atoms with Crippen LogP contribution in [0.3, 0.4) is 0 Å². The Labute approximate surface area is 163 Å². The third-order valence-corrected chi connectivity index (χ3v) is 4.87. The molecule has 1 atom stereocenters. The van der Waals surface area contributed by atoms with E-state index in [9.17, 15) is 4.79 Å². The highest BCUT2D eigenvalue weighted by atomic mass is 16.2. The lowest BCUT2D eigenvalue weighted by Crippen LogP contribution is -2.29. The molecule has 0 aliphatic carbocycles. The van der Waals surface area contributed by atoms with Crippen LogP contribution < -0.4 is 11.1 Å². The van der Waals surface area contributed by atoms with E-state index in [1.807, 2.05) is 72.5 Å². The van der Waals surface area contributed by atoms with Gasteiger partial charge < -0.3 is 11.1 Å². The smallest absolute Gasteiger partial charge is 0.276 e. The first kappa shape index (κ1) is 17.9. The maximum absolute atomic E-state index is 12.7. The molecular formula is C21H22N6O. The lowest BCUT2D eigenvalue weighted by Gasteiger charge is -2.14. The number of hydrogen-bond acceptors (Lipinski definition) is 4. The minimum Gasteiger partial charge on any atom is -0.328 e. The summed E-state index contributed by atoms with van der Waals surface area (Å²) in [5.41, 5.74) is 9.37. The summed E-state index contributed by atoms with van der Waals surface area (Å²) in [6.07, 6.45) is 3.64. The Kier molecular flexibility index (Phi) is 4.67. The number of rotatable bonds is 4. The number of nitrogens with two attached hydrogens (primary N) is 1. The monoisotopic (exact) mass is 374 g/mol. The van der Waals surface area contributed by atoms with Crippen molar-refractivity contribution in [3.8, 4) is 0 Å². The fourth-order valence-corrected chi connectivity index (χ4v) is 3.28. The number of nitrogens with zero attached hydrogens (tertiary/aromatic N) is 4. The molecule has 0 spiro atoms. The van der Waals surface area contributed by atoms with Crippen molar-refractivity contribution in [2.45, 2.75) is 6.04 Å². The van der Waals surface area contributed by atoms with Crippen LogP contribution in [0.2, 0.25) is 0 Å². The van der Waals surface area contributed by atoms with Crippen LogP contribution in [-0.4, -0.2) is 40.1 Å². The van der Waals surface area contributed by atoms with Gasteiger partial charge in [-0.2, -0.15) is 5.10 Å². The summed E-state index contributed by atoms with van der Waals surface area (Å²) in [7, 11) is 3.61. The molecule has 0 radical (unpaired) electrons. The van der Waals surface area contributed by atoms with Crippen molar-refractivity contribution in [3.63, 3.8) is 0 Å². The summed E-state index contributed by atoms with van der Waals surface area (Å²) in [5, 5.41) is 8.42. The SMILES string of the molecule is CN1C(=O)/C(=C/c2ccc3c(cnn3C)c2)NC1=NC(CN)c1ccccc1. The number of carbonyl (C=O) groups excluding carboxylic acids is 1. The second kappa shape index (κ2) is 7.28. The fraction of sp³-hybridized carbons (Fsp3) is 0.190. The third kappa shape index (κ3) is 3.27. The van der Waals surface area contributed by atoms with Gasteiger partial charge in [-0.05, 0) is 29.3 Å². The zero-order chi connectivity index (χ0) is 19.7. The molecular weight excluding hydrogens is 352 g/mol. The number of guanidine groups is 1. The Morgan fingerprint density at radius 2 is 2.00 bits per heavy atom. The van der Waals surface area contributed by atoms with Crippen molar-refractivity contribution < 1.29 is 4.79 Å². The summed E-state index contributed by atoms with van der Waals surface area (Å²) in [4.78, 5) is 18.8. The van der Waals surface area contributed by atoms with Crippen LogP contribution in [0, 0.1) is 0 Å².